The van der Waals surface area contributed by atoms with Gasteiger partial charge in [0.25, 0.3) is 0 Å². The van der Waals surface area contributed by atoms with Crippen molar-refractivity contribution < 1.29 is 17.6 Å². The molecule has 1 aromatic rings. The smallest absolute Gasteiger partial charge is 0.106 e. The molecule has 3 saturated heterocycles. The summed E-state index contributed by atoms with van der Waals surface area (Å²) in [6.07, 6.45) is 4.35. The number of piperidine rings is 3. The molecule has 3 fully saturated rings. The van der Waals surface area contributed by atoms with E-state index in [9.17, 15) is 5.21 Å². The molecule has 21 heavy (non-hydrogen) atoms. The summed E-state index contributed by atoms with van der Waals surface area (Å²) < 4.78 is 0. The van der Waals surface area contributed by atoms with Gasteiger partial charge in [-0.1, -0.05) is 17.3 Å². The molecule has 5 heteroatoms. The Labute approximate surface area is 132 Å². The van der Waals surface area contributed by atoms with Crippen LogP contribution in [0.15, 0.2) is 35.1 Å². The summed E-state index contributed by atoms with van der Waals surface area (Å²) in [5.41, 5.74) is 4.29. The first-order chi connectivity index (χ1) is 9.69. The zero-order valence-electron chi connectivity index (χ0n) is 12.5. The van der Waals surface area contributed by atoms with Crippen molar-refractivity contribution in [2.75, 3.05) is 32.1 Å². The van der Waals surface area contributed by atoms with Gasteiger partial charge in [0.15, 0.2) is 0 Å². The van der Waals surface area contributed by atoms with E-state index in [2.05, 4.69) is 45.3 Å². The lowest BCUT2D eigenvalue weighted by Gasteiger charge is -2.42. The van der Waals surface area contributed by atoms with E-state index in [-0.39, 0.29) is 12.4 Å². The molecule has 0 aromatic heterocycles. The maximum absolute atomic E-state index is 9.29. The second kappa shape index (κ2) is 6.39. The van der Waals surface area contributed by atoms with Gasteiger partial charge in [-0.2, -0.15) is 0 Å². The minimum atomic E-state index is 0. The number of rotatable bonds is 2. The first-order valence-electron chi connectivity index (χ1n) is 7.15. The summed E-state index contributed by atoms with van der Waals surface area (Å²) in [5.74, 6) is 0.428. The molecule has 0 spiro atoms. The summed E-state index contributed by atoms with van der Waals surface area (Å²) in [5, 5.41) is 12.8. The van der Waals surface area contributed by atoms with Gasteiger partial charge in [0.1, 0.15) is 5.71 Å². The average Bonchev–Trinajstić information content (AvgIpc) is 2.49. The first-order valence-corrected chi connectivity index (χ1v) is 7.15. The molecular formula is C16H21ClN3O-. The van der Waals surface area contributed by atoms with Gasteiger partial charge >= 0.3 is 0 Å². The van der Waals surface area contributed by atoms with Gasteiger partial charge in [-0.25, -0.2) is 0 Å². The molecule has 0 amide bonds. The van der Waals surface area contributed by atoms with E-state index in [1.54, 1.807) is 0 Å². The lowest BCUT2D eigenvalue weighted by molar-refractivity contribution is -0.00000493. The van der Waals surface area contributed by atoms with Crippen molar-refractivity contribution in [3.63, 3.8) is 0 Å². The molecule has 1 N–H and O–H groups in total. The van der Waals surface area contributed by atoms with Gasteiger partial charge in [0, 0.05) is 38.8 Å². The van der Waals surface area contributed by atoms with E-state index in [1.807, 2.05) is 14.1 Å². The van der Waals surface area contributed by atoms with Crippen molar-refractivity contribution in [2.24, 2.45) is 11.1 Å². The molecule has 0 saturated carbocycles. The monoisotopic (exact) mass is 306 g/mol. The fourth-order valence-corrected chi connectivity index (χ4v) is 3.09. The molecule has 0 radical (unpaired) electrons. The van der Waals surface area contributed by atoms with Crippen LogP contribution in [0.4, 0.5) is 5.69 Å². The lowest BCUT2D eigenvalue weighted by Crippen LogP contribution is -3.00. The van der Waals surface area contributed by atoms with Crippen molar-refractivity contribution >= 4 is 17.5 Å². The molecule has 3 aliphatic rings. The number of oxime groups is 1. The second-order valence-corrected chi connectivity index (χ2v) is 5.76. The fourth-order valence-electron chi connectivity index (χ4n) is 3.09. The SMILES string of the molecule is CN(C)c1ccc(/C=C2/C(=NO)C3CCN2CC3)cc1.[Cl-]. The Morgan fingerprint density at radius 1 is 1.19 bits per heavy atom. The number of fused-ring (bicyclic) bond motifs is 3. The number of nitrogens with zero attached hydrogens (tertiary/aromatic N) is 3. The molecule has 4 rings (SSSR count). The van der Waals surface area contributed by atoms with Crippen LogP contribution in [0.1, 0.15) is 18.4 Å². The highest BCUT2D eigenvalue weighted by Crippen LogP contribution is 2.33. The minimum Gasteiger partial charge on any atom is -1.00 e. The average molecular weight is 307 g/mol. The molecule has 2 bridgehead atoms. The maximum atomic E-state index is 9.29. The standard InChI is InChI=1S/C16H21N3O.ClH/c1-18(2)14-5-3-12(4-6-14)11-15-16(17-20)13-7-9-19(15)10-8-13;/h3-6,11,13,20H,7-10H2,1-2H3;1H/p-1/b15-11-,17-16?;. The number of allylic oxidation sites excluding steroid dienone is 1. The zero-order chi connectivity index (χ0) is 14.1. The predicted octanol–water partition coefficient (Wildman–Crippen LogP) is -0.347. The molecule has 0 aliphatic carbocycles. The predicted molar refractivity (Wildman–Crippen MR) is 82.3 cm³/mol. The number of anilines is 1. The third-order valence-electron chi connectivity index (χ3n) is 4.31. The summed E-state index contributed by atoms with van der Waals surface area (Å²) in [4.78, 5) is 4.42. The van der Waals surface area contributed by atoms with E-state index < -0.39 is 0 Å². The van der Waals surface area contributed by atoms with E-state index in [0.717, 1.165) is 42.9 Å². The van der Waals surface area contributed by atoms with Crippen LogP contribution in [0.5, 0.6) is 0 Å². The Balaban J connectivity index is 0.00000161. The topological polar surface area (TPSA) is 39.1 Å². The van der Waals surface area contributed by atoms with E-state index >= 15 is 0 Å². The summed E-state index contributed by atoms with van der Waals surface area (Å²) in [7, 11) is 4.07. The van der Waals surface area contributed by atoms with E-state index in [4.69, 9.17) is 0 Å². The van der Waals surface area contributed by atoms with Crippen molar-refractivity contribution in [1.29, 1.82) is 0 Å². The molecule has 114 valence electrons. The largest absolute Gasteiger partial charge is 1.00 e. The number of hydrogen-bond donors (Lipinski definition) is 1. The Hall–Kier alpha value is -1.68. The lowest BCUT2D eigenvalue weighted by atomic mass is 9.83. The first kappa shape index (κ1) is 15.7. The van der Waals surface area contributed by atoms with Gasteiger partial charge in [-0.3, -0.25) is 0 Å². The molecule has 3 aliphatic heterocycles. The van der Waals surface area contributed by atoms with Crippen LogP contribution in [0.2, 0.25) is 0 Å². The maximum Gasteiger partial charge on any atom is 0.106 e. The third kappa shape index (κ3) is 3.00. The van der Waals surface area contributed by atoms with Gasteiger partial charge in [-0.05, 0) is 36.6 Å². The molecular weight excluding hydrogens is 286 g/mol. The normalized spacial score (nSPS) is 21.7. The highest BCUT2D eigenvalue weighted by atomic mass is 35.5. The Morgan fingerprint density at radius 2 is 1.81 bits per heavy atom. The third-order valence-corrected chi connectivity index (χ3v) is 4.31. The quantitative estimate of drug-likeness (QED) is 0.600. The Morgan fingerprint density at radius 3 is 2.33 bits per heavy atom. The number of halogens is 1. The van der Waals surface area contributed by atoms with Gasteiger partial charge in [-0.15, -0.1) is 0 Å². The van der Waals surface area contributed by atoms with Crippen LogP contribution >= 0.6 is 0 Å². The van der Waals surface area contributed by atoms with Crippen molar-refractivity contribution in [3.05, 3.63) is 35.5 Å². The van der Waals surface area contributed by atoms with E-state index in [0.29, 0.717) is 5.92 Å². The molecule has 3 heterocycles. The van der Waals surface area contributed by atoms with Crippen molar-refractivity contribution in [1.82, 2.24) is 4.90 Å². The van der Waals surface area contributed by atoms with Crippen molar-refractivity contribution in [3.8, 4) is 0 Å². The van der Waals surface area contributed by atoms with Crippen LogP contribution in [-0.2, 0) is 0 Å². The van der Waals surface area contributed by atoms with Crippen LogP contribution in [-0.4, -0.2) is 43.0 Å². The zero-order valence-corrected chi connectivity index (χ0v) is 13.2. The Kier molecular flexibility index (Phi) is 4.78. The van der Waals surface area contributed by atoms with Crippen LogP contribution in [0.25, 0.3) is 6.08 Å². The van der Waals surface area contributed by atoms with Crippen LogP contribution in [0.3, 0.4) is 0 Å². The van der Waals surface area contributed by atoms with E-state index in [1.165, 1.54) is 5.69 Å². The van der Waals surface area contributed by atoms with Crippen LogP contribution < -0.4 is 17.3 Å². The Bertz CT molecular complexity index is 543. The summed E-state index contributed by atoms with van der Waals surface area (Å²) >= 11 is 0. The molecule has 4 nitrogen and oxygen atoms in total. The van der Waals surface area contributed by atoms with Gasteiger partial charge in [0.2, 0.25) is 0 Å². The highest BCUT2D eigenvalue weighted by Gasteiger charge is 2.35. The summed E-state index contributed by atoms with van der Waals surface area (Å²) in [6.45, 7) is 2.15. The van der Waals surface area contributed by atoms with Gasteiger partial charge < -0.3 is 27.4 Å². The number of benzene rings is 1. The summed E-state index contributed by atoms with van der Waals surface area (Å²) in [6, 6.07) is 8.44. The second-order valence-electron chi connectivity index (χ2n) is 5.76. The molecule has 0 unspecified atom stereocenters. The molecule has 0 atom stereocenters. The van der Waals surface area contributed by atoms with Gasteiger partial charge in [0.05, 0.1) is 5.70 Å². The number of hydrogen-bond acceptors (Lipinski definition) is 4. The van der Waals surface area contributed by atoms with Crippen LogP contribution in [0, 0.1) is 5.92 Å². The highest BCUT2D eigenvalue weighted by molar-refractivity contribution is 6.05. The van der Waals surface area contributed by atoms with Crippen molar-refractivity contribution in [2.45, 2.75) is 12.8 Å². The molecule has 1 aromatic carbocycles. The minimum absolute atomic E-state index is 0. The fraction of sp³-hybridized carbons (Fsp3) is 0.438.